The lowest BCUT2D eigenvalue weighted by atomic mass is 10.1. The summed E-state index contributed by atoms with van der Waals surface area (Å²) in [5.41, 5.74) is 7.29. The first-order valence-corrected chi connectivity index (χ1v) is 6.12. The van der Waals surface area contributed by atoms with Crippen LogP contribution < -0.4 is 11.1 Å². The van der Waals surface area contributed by atoms with Gasteiger partial charge >= 0.3 is 0 Å². The van der Waals surface area contributed by atoms with E-state index in [1.165, 1.54) is 0 Å². The highest BCUT2D eigenvalue weighted by Gasteiger charge is 2.13. The number of amides is 1. The van der Waals surface area contributed by atoms with Crippen molar-refractivity contribution in [3.63, 3.8) is 0 Å². The number of carbonyl (C=O) groups excluding carboxylic acids is 1. The second-order valence-electron chi connectivity index (χ2n) is 4.27. The minimum absolute atomic E-state index is 0.157. The van der Waals surface area contributed by atoms with E-state index in [2.05, 4.69) is 10.3 Å². The van der Waals surface area contributed by atoms with Crippen LogP contribution in [-0.4, -0.2) is 16.9 Å². The lowest BCUT2D eigenvalue weighted by Crippen LogP contribution is -2.35. The van der Waals surface area contributed by atoms with Gasteiger partial charge in [-0.25, -0.2) is 0 Å². The summed E-state index contributed by atoms with van der Waals surface area (Å²) < 4.78 is 0. The lowest BCUT2D eigenvalue weighted by molar-refractivity contribution is -0.117. The fraction of sp³-hybridized carbons (Fsp3) is 0.286. The largest absolute Gasteiger partial charge is 0.323 e. The van der Waals surface area contributed by atoms with Crippen molar-refractivity contribution in [3.05, 3.63) is 36.5 Å². The van der Waals surface area contributed by atoms with Crippen molar-refractivity contribution >= 4 is 22.5 Å². The highest BCUT2D eigenvalue weighted by Crippen LogP contribution is 2.20. The van der Waals surface area contributed by atoms with E-state index in [1.54, 1.807) is 6.20 Å². The SMILES string of the molecule is CCC[C@@H](N)C(=O)Nc1cccc2cccnc12. The summed E-state index contributed by atoms with van der Waals surface area (Å²) >= 11 is 0. The molecule has 1 atom stereocenters. The Morgan fingerprint density at radius 3 is 2.94 bits per heavy atom. The molecule has 0 saturated carbocycles. The quantitative estimate of drug-likeness (QED) is 0.865. The minimum Gasteiger partial charge on any atom is -0.323 e. The first-order chi connectivity index (χ1) is 8.72. The molecule has 4 heteroatoms. The maximum atomic E-state index is 11.9. The van der Waals surface area contributed by atoms with Crippen LogP contribution in [0.3, 0.4) is 0 Å². The summed E-state index contributed by atoms with van der Waals surface area (Å²) in [6, 6.07) is 9.07. The molecule has 0 spiro atoms. The number of rotatable bonds is 4. The van der Waals surface area contributed by atoms with Crippen LogP contribution in [0, 0.1) is 0 Å². The number of carbonyl (C=O) groups is 1. The number of hydrogen-bond acceptors (Lipinski definition) is 3. The molecule has 18 heavy (non-hydrogen) atoms. The number of para-hydroxylation sites is 1. The van der Waals surface area contributed by atoms with Gasteiger partial charge < -0.3 is 11.1 Å². The van der Waals surface area contributed by atoms with E-state index in [-0.39, 0.29) is 5.91 Å². The summed E-state index contributed by atoms with van der Waals surface area (Å²) in [6.07, 6.45) is 3.29. The molecule has 1 aromatic carbocycles. The smallest absolute Gasteiger partial charge is 0.241 e. The van der Waals surface area contributed by atoms with Crippen LogP contribution >= 0.6 is 0 Å². The van der Waals surface area contributed by atoms with Gasteiger partial charge in [-0.3, -0.25) is 9.78 Å². The van der Waals surface area contributed by atoms with Crippen LogP contribution in [0.15, 0.2) is 36.5 Å². The first-order valence-electron chi connectivity index (χ1n) is 6.12. The van der Waals surface area contributed by atoms with E-state index in [9.17, 15) is 4.79 Å². The molecule has 0 aliphatic carbocycles. The van der Waals surface area contributed by atoms with E-state index in [1.807, 2.05) is 37.3 Å². The second kappa shape index (κ2) is 5.60. The summed E-state index contributed by atoms with van der Waals surface area (Å²) in [7, 11) is 0. The monoisotopic (exact) mass is 243 g/mol. The second-order valence-corrected chi connectivity index (χ2v) is 4.27. The Hall–Kier alpha value is -1.94. The molecule has 0 radical (unpaired) electrons. The average Bonchev–Trinajstić information content (AvgIpc) is 2.39. The molecule has 3 N–H and O–H groups in total. The third-order valence-electron chi connectivity index (χ3n) is 2.83. The van der Waals surface area contributed by atoms with Gasteiger partial charge in [-0.2, -0.15) is 0 Å². The fourth-order valence-electron chi connectivity index (χ4n) is 1.87. The normalized spacial score (nSPS) is 12.3. The molecule has 0 unspecified atom stereocenters. The molecule has 2 aromatic rings. The van der Waals surface area contributed by atoms with Crippen molar-refractivity contribution in [2.75, 3.05) is 5.32 Å². The zero-order valence-corrected chi connectivity index (χ0v) is 10.4. The number of benzene rings is 1. The number of nitrogens with zero attached hydrogens (tertiary/aromatic N) is 1. The highest BCUT2D eigenvalue weighted by molar-refractivity contribution is 6.02. The zero-order chi connectivity index (χ0) is 13.0. The molecule has 1 heterocycles. The van der Waals surface area contributed by atoms with Gasteiger partial charge in [0.05, 0.1) is 17.2 Å². The van der Waals surface area contributed by atoms with Crippen LogP contribution in [0.1, 0.15) is 19.8 Å². The Bertz CT molecular complexity index is 548. The topological polar surface area (TPSA) is 68.0 Å². The maximum Gasteiger partial charge on any atom is 0.241 e. The van der Waals surface area contributed by atoms with Crippen molar-refractivity contribution < 1.29 is 4.79 Å². The van der Waals surface area contributed by atoms with Crippen molar-refractivity contribution in [2.24, 2.45) is 5.73 Å². The molecule has 0 saturated heterocycles. The van der Waals surface area contributed by atoms with Crippen molar-refractivity contribution in [2.45, 2.75) is 25.8 Å². The molecule has 1 amide bonds. The number of nitrogens with one attached hydrogen (secondary N) is 1. The first kappa shape index (κ1) is 12.5. The van der Waals surface area contributed by atoms with Crippen molar-refractivity contribution in [1.29, 1.82) is 0 Å². The summed E-state index contributed by atoms with van der Waals surface area (Å²) in [5, 5.41) is 3.84. The molecule has 94 valence electrons. The highest BCUT2D eigenvalue weighted by atomic mass is 16.2. The van der Waals surface area contributed by atoms with Gasteiger partial charge in [0.2, 0.25) is 5.91 Å². The van der Waals surface area contributed by atoms with Gasteiger partial charge in [-0.15, -0.1) is 0 Å². The molecule has 0 aliphatic heterocycles. The number of hydrogen-bond donors (Lipinski definition) is 2. The maximum absolute atomic E-state index is 11.9. The predicted molar refractivity (Wildman–Crippen MR) is 73.3 cm³/mol. The third kappa shape index (κ3) is 2.65. The Kier molecular flexibility index (Phi) is 3.89. The van der Waals surface area contributed by atoms with E-state index in [4.69, 9.17) is 5.73 Å². The fourth-order valence-corrected chi connectivity index (χ4v) is 1.87. The molecule has 0 aliphatic rings. The van der Waals surface area contributed by atoms with Gasteiger partial charge in [-0.05, 0) is 18.6 Å². The Labute approximate surface area is 106 Å². The minimum atomic E-state index is -0.464. The molecular formula is C14H17N3O. The van der Waals surface area contributed by atoms with Crippen molar-refractivity contribution in [1.82, 2.24) is 4.98 Å². The third-order valence-corrected chi connectivity index (χ3v) is 2.83. The van der Waals surface area contributed by atoms with E-state index in [0.717, 1.165) is 17.3 Å². The Balaban J connectivity index is 2.24. The van der Waals surface area contributed by atoms with E-state index < -0.39 is 6.04 Å². The molecule has 1 aromatic heterocycles. The van der Waals surface area contributed by atoms with Crippen LogP contribution in [0.25, 0.3) is 10.9 Å². The number of anilines is 1. The van der Waals surface area contributed by atoms with Gasteiger partial charge in [0.25, 0.3) is 0 Å². The van der Waals surface area contributed by atoms with Gasteiger partial charge in [0.1, 0.15) is 0 Å². The average molecular weight is 243 g/mol. The molecular weight excluding hydrogens is 226 g/mol. The summed E-state index contributed by atoms with van der Waals surface area (Å²) in [6.45, 7) is 2.01. The van der Waals surface area contributed by atoms with Crippen LogP contribution in [0.2, 0.25) is 0 Å². The lowest BCUT2D eigenvalue weighted by Gasteiger charge is -2.12. The summed E-state index contributed by atoms with van der Waals surface area (Å²) in [4.78, 5) is 16.2. The zero-order valence-electron chi connectivity index (χ0n) is 10.4. The molecule has 4 nitrogen and oxygen atoms in total. The standard InChI is InChI=1S/C14H17N3O/c1-2-5-11(15)14(18)17-12-8-3-6-10-7-4-9-16-13(10)12/h3-4,6-9,11H,2,5,15H2,1H3,(H,17,18)/t11-/m1/s1. The molecule has 2 rings (SSSR count). The number of nitrogens with two attached hydrogens (primary N) is 1. The number of aromatic nitrogens is 1. The van der Waals surface area contributed by atoms with Gasteiger partial charge in [-0.1, -0.05) is 31.5 Å². The Morgan fingerprint density at radius 1 is 1.39 bits per heavy atom. The Morgan fingerprint density at radius 2 is 2.17 bits per heavy atom. The molecule has 0 bridgehead atoms. The summed E-state index contributed by atoms with van der Waals surface area (Å²) in [5.74, 6) is -0.157. The van der Waals surface area contributed by atoms with Crippen LogP contribution in [-0.2, 0) is 4.79 Å². The van der Waals surface area contributed by atoms with E-state index in [0.29, 0.717) is 12.1 Å². The van der Waals surface area contributed by atoms with E-state index >= 15 is 0 Å². The predicted octanol–water partition coefficient (Wildman–Crippen LogP) is 2.30. The number of pyridine rings is 1. The van der Waals surface area contributed by atoms with Crippen LogP contribution in [0.4, 0.5) is 5.69 Å². The van der Waals surface area contributed by atoms with Gasteiger partial charge in [0, 0.05) is 11.6 Å². The van der Waals surface area contributed by atoms with Crippen molar-refractivity contribution in [3.8, 4) is 0 Å². The molecule has 0 fully saturated rings. The van der Waals surface area contributed by atoms with Crippen LogP contribution in [0.5, 0.6) is 0 Å². The number of fused-ring (bicyclic) bond motifs is 1. The van der Waals surface area contributed by atoms with Gasteiger partial charge in [0.15, 0.2) is 0 Å².